The molecule has 0 fully saturated rings. The lowest BCUT2D eigenvalue weighted by Gasteiger charge is -2.05. The number of amides is 1. The maximum atomic E-state index is 11.5. The van der Waals surface area contributed by atoms with Crippen LogP contribution in [-0.2, 0) is 11.2 Å². The van der Waals surface area contributed by atoms with Gasteiger partial charge in [-0.3, -0.25) is 4.79 Å². The molecule has 0 atom stereocenters. The summed E-state index contributed by atoms with van der Waals surface area (Å²) >= 11 is 0. The lowest BCUT2D eigenvalue weighted by Crippen LogP contribution is -2.29. The van der Waals surface area contributed by atoms with Crippen LogP contribution >= 0.6 is 0 Å². The van der Waals surface area contributed by atoms with Gasteiger partial charge in [-0.05, 0) is 12.1 Å². The minimum Gasteiger partial charge on any atom is -0.497 e. The Labute approximate surface area is 124 Å². The third-order valence-corrected chi connectivity index (χ3v) is 3.12. The van der Waals surface area contributed by atoms with Crippen molar-refractivity contribution in [1.82, 2.24) is 10.5 Å². The zero-order chi connectivity index (χ0) is 15.2. The van der Waals surface area contributed by atoms with Crippen LogP contribution < -0.4 is 10.1 Å². The summed E-state index contributed by atoms with van der Waals surface area (Å²) < 4.78 is 10.5. The Morgan fingerprint density at radius 1 is 1.38 bits per heavy atom. The molecule has 0 saturated heterocycles. The van der Waals surface area contributed by atoms with E-state index in [4.69, 9.17) is 9.26 Å². The van der Waals surface area contributed by atoms with E-state index in [9.17, 15) is 4.79 Å². The molecule has 0 aliphatic carbocycles. The summed E-state index contributed by atoms with van der Waals surface area (Å²) in [5, 5.41) is 6.88. The molecule has 1 heterocycles. The number of nitrogens with one attached hydrogen (secondary N) is 1. The summed E-state index contributed by atoms with van der Waals surface area (Å²) in [6.45, 7) is 4.29. The van der Waals surface area contributed by atoms with Gasteiger partial charge in [0.15, 0.2) is 5.76 Å². The molecule has 1 N–H and O–H groups in total. The van der Waals surface area contributed by atoms with Crippen LogP contribution in [0.15, 0.2) is 34.9 Å². The largest absolute Gasteiger partial charge is 0.497 e. The molecule has 2 aromatic rings. The van der Waals surface area contributed by atoms with Gasteiger partial charge in [-0.25, -0.2) is 0 Å². The Kier molecular flexibility index (Phi) is 4.98. The highest BCUT2D eigenvalue weighted by atomic mass is 16.5. The van der Waals surface area contributed by atoms with E-state index < -0.39 is 0 Å². The van der Waals surface area contributed by atoms with Gasteiger partial charge >= 0.3 is 0 Å². The molecular formula is C16H20N2O3. The first kappa shape index (κ1) is 15.1. The van der Waals surface area contributed by atoms with E-state index in [1.54, 1.807) is 7.11 Å². The van der Waals surface area contributed by atoms with Crippen molar-refractivity contribution in [2.45, 2.75) is 20.3 Å². The molecule has 0 spiro atoms. The van der Waals surface area contributed by atoms with Gasteiger partial charge in [0.05, 0.1) is 12.8 Å². The minimum atomic E-state index is -0.00495. The number of benzene rings is 1. The van der Waals surface area contributed by atoms with Crippen LogP contribution in [0.3, 0.4) is 0 Å². The Morgan fingerprint density at radius 3 is 2.90 bits per heavy atom. The van der Waals surface area contributed by atoms with Crippen LogP contribution in [0, 0.1) is 5.92 Å². The highest BCUT2D eigenvalue weighted by Gasteiger charge is 2.09. The summed E-state index contributed by atoms with van der Waals surface area (Å²) in [6.07, 6.45) is 0.645. The lowest BCUT2D eigenvalue weighted by molar-refractivity contribution is -0.123. The quantitative estimate of drug-likeness (QED) is 0.887. The molecule has 1 amide bonds. The lowest BCUT2D eigenvalue weighted by atomic mass is 10.1. The highest BCUT2D eigenvalue weighted by molar-refractivity contribution is 5.77. The van der Waals surface area contributed by atoms with E-state index in [2.05, 4.69) is 10.5 Å². The Balaban J connectivity index is 1.96. The molecular weight excluding hydrogens is 268 g/mol. The van der Waals surface area contributed by atoms with E-state index in [0.29, 0.717) is 18.7 Å². The van der Waals surface area contributed by atoms with Crippen molar-refractivity contribution in [3.8, 4) is 17.1 Å². The maximum Gasteiger partial charge on any atom is 0.222 e. The van der Waals surface area contributed by atoms with Gasteiger partial charge in [0.1, 0.15) is 5.75 Å². The predicted molar refractivity (Wildman–Crippen MR) is 80.0 cm³/mol. The smallest absolute Gasteiger partial charge is 0.222 e. The third-order valence-electron chi connectivity index (χ3n) is 3.12. The number of carbonyl (C=O) groups is 1. The summed E-state index contributed by atoms with van der Waals surface area (Å²) in [5.74, 6) is 1.51. The van der Waals surface area contributed by atoms with Crippen LogP contribution in [0.5, 0.6) is 5.75 Å². The standard InChI is InChI=1S/C16H20N2O3/c1-11(2)16(19)17-8-7-13-10-15(21-18-13)12-5-4-6-14(9-12)20-3/h4-6,9-11H,7-8H2,1-3H3,(H,17,19). The predicted octanol–water partition coefficient (Wildman–Crippen LogP) is 2.66. The van der Waals surface area contributed by atoms with Crippen molar-refractivity contribution in [1.29, 1.82) is 0 Å². The average Bonchev–Trinajstić information content (AvgIpc) is 2.96. The molecule has 0 unspecified atom stereocenters. The van der Waals surface area contributed by atoms with Crippen molar-refractivity contribution in [2.24, 2.45) is 5.92 Å². The monoisotopic (exact) mass is 288 g/mol. The van der Waals surface area contributed by atoms with Gasteiger partial charge in [-0.15, -0.1) is 0 Å². The van der Waals surface area contributed by atoms with E-state index in [1.165, 1.54) is 0 Å². The minimum absolute atomic E-state index is 0.00495. The van der Waals surface area contributed by atoms with Gasteiger partial charge in [-0.1, -0.05) is 31.1 Å². The number of nitrogens with zero attached hydrogens (tertiary/aromatic N) is 1. The molecule has 21 heavy (non-hydrogen) atoms. The number of carbonyl (C=O) groups excluding carboxylic acids is 1. The van der Waals surface area contributed by atoms with Crippen LogP contribution in [0.4, 0.5) is 0 Å². The number of methoxy groups -OCH3 is 1. The zero-order valence-electron chi connectivity index (χ0n) is 12.6. The maximum absolute atomic E-state index is 11.5. The van der Waals surface area contributed by atoms with Gasteiger partial charge in [0.2, 0.25) is 5.91 Å². The van der Waals surface area contributed by atoms with Gasteiger partial charge in [-0.2, -0.15) is 0 Å². The van der Waals surface area contributed by atoms with Gasteiger partial charge in [0.25, 0.3) is 0 Å². The number of rotatable bonds is 6. The van der Waals surface area contributed by atoms with Crippen LogP contribution in [-0.4, -0.2) is 24.7 Å². The van der Waals surface area contributed by atoms with Crippen molar-refractivity contribution >= 4 is 5.91 Å². The zero-order valence-corrected chi connectivity index (χ0v) is 12.6. The SMILES string of the molecule is COc1cccc(-c2cc(CCNC(=O)C(C)C)no2)c1. The molecule has 0 saturated carbocycles. The summed E-state index contributed by atoms with van der Waals surface area (Å²) in [4.78, 5) is 11.5. The molecule has 0 aliphatic heterocycles. The van der Waals surface area contributed by atoms with Crippen molar-refractivity contribution in [3.63, 3.8) is 0 Å². The average molecular weight is 288 g/mol. The number of hydrogen-bond donors (Lipinski definition) is 1. The molecule has 112 valence electrons. The fourth-order valence-electron chi connectivity index (χ4n) is 1.86. The summed E-state index contributed by atoms with van der Waals surface area (Å²) in [6, 6.07) is 9.50. The molecule has 0 bridgehead atoms. The van der Waals surface area contributed by atoms with E-state index >= 15 is 0 Å². The second-order valence-electron chi connectivity index (χ2n) is 5.11. The van der Waals surface area contributed by atoms with Crippen molar-refractivity contribution < 1.29 is 14.1 Å². The molecule has 1 aromatic heterocycles. The topological polar surface area (TPSA) is 64.4 Å². The fraction of sp³-hybridized carbons (Fsp3) is 0.375. The Morgan fingerprint density at radius 2 is 2.19 bits per heavy atom. The molecule has 5 nitrogen and oxygen atoms in total. The van der Waals surface area contributed by atoms with E-state index in [-0.39, 0.29) is 11.8 Å². The summed E-state index contributed by atoms with van der Waals surface area (Å²) in [7, 11) is 1.63. The van der Waals surface area contributed by atoms with Gasteiger partial charge < -0.3 is 14.6 Å². The fourth-order valence-corrected chi connectivity index (χ4v) is 1.86. The number of aromatic nitrogens is 1. The van der Waals surface area contributed by atoms with Crippen LogP contribution in [0.25, 0.3) is 11.3 Å². The first-order valence-electron chi connectivity index (χ1n) is 6.98. The second-order valence-corrected chi connectivity index (χ2v) is 5.11. The van der Waals surface area contributed by atoms with Crippen molar-refractivity contribution in [3.05, 3.63) is 36.0 Å². The van der Waals surface area contributed by atoms with E-state index in [1.807, 2.05) is 44.2 Å². The molecule has 1 aromatic carbocycles. The molecule has 0 radical (unpaired) electrons. The normalized spacial score (nSPS) is 10.7. The first-order chi connectivity index (χ1) is 10.1. The summed E-state index contributed by atoms with van der Waals surface area (Å²) in [5.41, 5.74) is 1.73. The Bertz CT molecular complexity index is 605. The van der Waals surface area contributed by atoms with Crippen LogP contribution in [0.1, 0.15) is 19.5 Å². The molecule has 2 rings (SSSR count). The van der Waals surface area contributed by atoms with Crippen LogP contribution in [0.2, 0.25) is 0 Å². The third kappa shape index (κ3) is 4.08. The first-order valence-corrected chi connectivity index (χ1v) is 6.98. The highest BCUT2D eigenvalue weighted by Crippen LogP contribution is 2.24. The Hall–Kier alpha value is -2.30. The molecule has 0 aliphatic rings. The number of hydrogen-bond acceptors (Lipinski definition) is 4. The molecule has 5 heteroatoms. The van der Waals surface area contributed by atoms with Gasteiger partial charge in [0, 0.05) is 30.5 Å². The van der Waals surface area contributed by atoms with E-state index in [0.717, 1.165) is 17.0 Å². The van der Waals surface area contributed by atoms with Crippen molar-refractivity contribution in [2.75, 3.05) is 13.7 Å². The number of ether oxygens (including phenoxy) is 1. The second kappa shape index (κ2) is 6.92.